The van der Waals surface area contributed by atoms with E-state index in [9.17, 15) is 0 Å². The molecule has 0 unspecified atom stereocenters. The normalized spacial score (nSPS) is 10.0. The van der Waals surface area contributed by atoms with Gasteiger partial charge >= 0.3 is 0 Å². The quantitative estimate of drug-likeness (QED) is 0.857. The Bertz CT molecular complexity index is 650. The first-order valence-electron chi connectivity index (χ1n) is 7.02. The van der Waals surface area contributed by atoms with E-state index in [0.717, 1.165) is 29.2 Å². The second-order valence-corrected chi connectivity index (χ2v) is 4.80. The molecule has 1 aromatic heterocycles. The van der Waals surface area contributed by atoms with Gasteiger partial charge in [-0.15, -0.1) is 0 Å². The molecule has 0 aliphatic heterocycles. The molecule has 0 bridgehead atoms. The van der Waals surface area contributed by atoms with Crippen LogP contribution >= 0.6 is 0 Å². The van der Waals surface area contributed by atoms with Crippen LogP contribution in [0.4, 0.5) is 0 Å². The van der Waals surface area contributed by atoms with Crippen LogP contribution in [0, 0.1) is 25.7 Å². The van der Waals surface area contributed by atoms with E-state index in [0.29, 0.717) is 13.0 Å². The van der Waals surface area contributed by atoms with E-state index in [1.165, 1.54) is 0 Å². The molecule has 0 aliphatic rings. The molecule has 110 valence electrons. The average Bonchev–Trinajstić information content (AvgIpc) is 2.78. The van der Waals surface area contributed by atoms with Crippen LogP contribution in [0.5, 0.6) is 5.75 Å². The lowest BCUT2D eigenvalue weighted by molar-refractivity contribution is 0.289. The first-order chi connectivity index (χ1) is 10.2. The van der Waals surface area contributed by atoms with Gasteiger partial charge < -0.3 is 9.84 Å². The highest BCUT2D eigenvalue weighted by atomic mass is 16.5. The number of aliphatic hydroxyl groups is 1. The molecule has 0 saturated heterocycles. The van der Waals surface area contributed by atoms with Gasteiger partial charge in [0.05, 0.1) is 18.8 Å². The lowest BCUT2D eigenvalue weighted by Gasteiger charge is -2.08. The van der Waals surface area contributed by atoms with Crippen molar-refractivity contribution in [2.75, 3.05) is 13.2 Å². The van der Waals surface area contributed by atoms with Crippen molar-refractivity contribution in [3.63, 3.8) is 0 Å². The SMILES string of the molecule is Cc1cc(C)n(CCOc2cccc(C#CCCO)c2)n1. The van der Waals surface area contributed by atoms with Gasteiger partial charge in [-0.3, -0.25) is 4.68 Å². The fourth-order valence-electron chi connectivity index (χ4n) is 2.04. The molecule has 0 saturated carbocycles. The van der Waals surface area contributed by atoms with Crippen LogP contribution < -0.4 is 4.74 Å². The number of hydrogen-bond acceptors (Lipinski definition) is 3. The molecule has 0 spiro atoms. The van der Waals surface area contributed by atoms with E-state index in [2.05, 4.69) is 23.0 Å². The molecule has 1 heterocycles. The highest BCUT2D eigenvalue weighted by molar-refractivity contribution is 5.39. The smallest absolute Gasteiger partial charge is 0.120 e. The highest BCUT2D eigenvalue weighted by Crippen LogP contribution is 2.13. The van der Waals surface area contributed by atoms with Crippen molar-refractivity contribution in [2.24, 2.45) is 0 Å². The Labute approximate surface area is 125 Å². The lowest BCUT2D eigenvalue weighted by Crippen LogP contribution is -2.10. The Hall–Kier alpha value is -2.25. The monoisotopic (exact) mass is 284 g/mol. The molecular formula is C17H20N2O2. The highest BCUT2D eigenvalue weighted by Gasteiger charge is 2.01. The largest absolute Gasteiger partial charge is 0.492 e. The maximum Gasteiger partial charge on any atom is 0.120 e. The third-order valence-corrected chi connectivity index (χ3v) is 2.98. The fraction of sp³-hybridized carbons (Fsp3) is 0.353. The van der Waals surface area contributed by atoms with Crippen molar-refractivity contribution in [3.8, 4) is 17.6 Å². The summed E-state index contributed by atoms with van der Waals surface area (Å²) in [5.41, 5.74) is 3.06. The van der Waals surface area contributed by atoms with Gasteiger partial charge in [0.25, 0.3) is 0 Å². The zero-order valence-electron chi connectivity index (χ0n) is 12.5. The first kappa shape index (κ1) is 15.1. The molecule has 4 heteroatoms. The molecule has 2 aromatic rings. The molecule has 2 rings (SSSR count). The number of ether oxygens (including phenoxy) is 1. The van der Waals surface area contributed by atoms with Crippen LogP contribution in [0.15, 0.2) is 30.3 Å². The Morgan fingerprint density at radius 1 is 1.29 bits per heavy atom. The van der Waals surface area contributed by atoms with Crippen molar-refractivity contribution < 1.29 is 9.84 Å². The van der Waals surface area contributed by atoms with E-state index in [1.54, 1.807) is 0 Å². The molecule has 0 fully saturated rings. The molecule has 0 radical (unpaired) electrons. The molecule has 0 aliphatic carbocycles. The Balaban J connectivity index is 1.90. The summed E-state index contributed by atoms with van der Waals surface area (Å²) in [7, 11) is 0. The minimum absolute atomic E-state index is 0.0891. The minimum atomic E-state index is 0.0891. The van der Waals surface area contributed by atoms with Crippen molar-refractivity contribution in [3.05, 3.63) is 47.3 Å². The maximum absolute atomic E-state index is 8.71. The lowest BCUT2D eigenvalue weighted by atomic mass is 10.2. The summed E-state index contributed by atoms with van der Waals surface area (Å²) >= 11 is 0. The van der Waals surface area contributed by atoms with Gasteiger partial charge in [0.15, 0.2) is 0 Å². The van der Waals surface area contributed by atoms with Crippen LogP contribution in [-0.2, 0) is 6.54 Å². The third kappa shape index (κ3) is 4.66. The number of rotatable bonds is 5. The van der Waals surface area contributed by atoms with E-state index in [1.807, 2.05) is 42.8 Å². The van der Waals surface area contributed by atoms with Gasteiger partial charge in [-0.05, 0) is 38.1 Å². The number of aliphatic hydroxyl groups excluding tert-OH is 1. The molecule has 0 atom stereocenters. The number of aryl methyl sites for hydroxylation is 2. The average molecular weight is 284 g/mol. The molecular weight excluding hydrogens is 264 g/mol. The zero-order chi connectivity index (χ0) is 15.1. The van der Waals surface area contributed by atoms with E-state index < -0.39 is 0 Å². The van der Waals surface area contributed by atoms with Gasteiger partial charge in [-0.2, -0.15) is 5.10 Å². The minimum Gasteiger partial charge on any atom is -0.492 e. The number of hydrogen-bond donors (Lipinski definition) is 1. The molecule has 0 amide bonds. The number of nitrogens with zero attached hydrogens (tertiary/aromatic N) is 2. The summed E-state index contributed by atoms with van der Waals surface area (Å²) in [4.78, 5) is 0. The summed E-state index contributed by atoms with van der Waals surface area (Å²) in [6.07, 6.45) is 0.489. The number of benzene rings is 1. The van der Waals surface area contributed by atoms with Crippen molar-refractivity contribution in [1.82, 2.24) is 9.78 Å². The van der Waals surface area contributed by atoms with Crippen LogP contribution in [0.3, 0.4) is 0 Å². The predicted molar refractivity (Wildman–Crippen MR) is 82.2 cm³/mol. The second kappa shape index (κ2) is 7.51. The molecule has 1 N–H and O–H groups in total. The van der Waals surface area contributed by atoms with E-state index in [-0.39, 0.29) is 6.61 Å². The Morgan fingerprint density at radius 3 is 2.86 bits per heavy atom. The zero-order valence-corrected chi connectivity index (χ0v) is 12.5. The Morgan fingerprint density at radius 2 is 2.14 bits per heavy atom. The van der Waals surface area contributed by atoms with Crippen LogP contribution in [0.1, 0.15) is 23.4 Å². The summed E-state index contributed by atoms with van der Waals surface area (Å²) in [6.45, 7) is 5.40. The van der Waals surface area contributed by atoms with E-state index in [4.69, 9.17) is 9.84 Å². The topological polar surface area (TPSA) is 47.3 Å². The standard InChI is InChI=1S/C17H20N2O2/c1-14-12-15(2)19(18-14)9-11-21-17-8-5-7-16(13-17)6-3-4-10-20/h5,7-8,12-13,20H,4,9-11H2,1-2H3. The van der Waals surface area contributed by atoms with Crippen molar-refractivity contribution >= 4 is 0 Å². The van der Waals surface area contributed by atoms with Gasteiger partial charge in [0.2, 0.25) is 0 Å². The Kier molecular flexibility index (Phi) is 5.42. The van der Waals surface area contributed by atoms with Crippen LogP contribution in [0.2, 0.25) is 0 Å². The van der Waals surface area contributed by atoms with Gasteiger partial charge in [0.1, 0.15) is 12.4 Å². The molecule has 4 nitrogen and oxygen atoms in total. The summed E-state index contributed by atoms with van der Waals surface area (Å²) in [5, 5.41) is 13.1. The van der Waals surface area contributed by atoms with Gasteiger partial charge in [-0.1, -0.05) is 17.9 Å². The van der Waals surface area contributed by atoms with E-state index >= 15 is 0 Å². The summed E-state index contributed by atoms with van der Waals surface area (Å²) in [5.74, 6) is 6.70. The molecule has 21 heavy (non-hydrogen) atoms. The molecule has 1 aromatic carbocycles. The maximum atomic E-state index is 8.71. The second-order valence-electron chi connectivity index (χ2n) is 4.80. The first-order valence-corrected chi connectivity index (χ1v) is 7.02. The van der Waals surface area contributed by atoms with Gasteiger partial charge in [0, 0.05) is 17.7 Å². The fourth-order valence-corrected chi connectivity index (χ4v) is 2.04. The predicted octanol–water partition coefficient (Wildman–Crippen LogP) is 2.31. The number of aromatic nitrogens is 2. The van der Waals surface area contributed by atoms with Gasteiger partial charge in [-0.25, -0.2) is 0 Å². The summed E-state index contributed by atoms with van der Waals surface area (Å²) in [6, 6.07) is 9.72. The van der Waals surface area contributed by atoms with Crippen LogP contribution in [0.25, 0.3) is 0 Å². The van der Waals surface area contributed by atoms with Crippen LogP contribution in [-0.4, -0.2) is 28.1 Å². The van der Waals surface area contributed by atoms with Crippen molar-refractivity contribution in [1.29, 1.82) is 0 Å². The third-order valence-electron chi connectivity index (χ3n) is 2.98. The van der Waals surface area contributed by atoms with Crippen molar-refractivity contribution in [2.45, 2.75) is 26.8 Å². The summed E-state index contributed by atoms with van der Waals surface area (Å²) < 4.78 is 7.69.